The van der Waals surface area contributed by atoms with Crippen LogP contribution in [0.25, 0.3) is 17.0 Å². The lowest BCUT2D eigenvalue weighted by atomic mass is 10.1. The standard InChI is InChI=1S/C26H25N5O2S/c1-16(2)25-29-31-23(27)21(24(32)28-26(31)34-25)14-18-15-30(22-7-5-4-6-20(18)22)12-13-33-19-10-8-17(3)9-11-19/h4-11,14-16,27H,12-13H2,1-3H3/b21-14-,27-23?. The van der Waals surface area contributed by atoms with Crippen LogP contribution in [0.5, 0.6) is 5.75 Å². The van der Waals surface area contributed by atoms with Crippen molar-refractivity contribution in [3.63, 3.8) is 0 Å². The number of fused-ring (bicyclic) bond motifs is 2. The topological polar surface area (TPSA) is 83.0 Å². The van der Waals surface area contributed by atoms with Crippen LogP contribution >= 0.6 is 11.8 Å². The SMILES string of the molecule is Cc1ccc(OCCn2cc(/C=C3/C(=N)N4N=C(C(C)C)SC4=NC3=O)c3ccccc32)cc1. The fourth-order valence-corrected chi connectivity index (χ4v) is 4.76. The van der Waals surface area contributed by atoms with Crippen LogP contribution in [0.2, 0.25) is 0 Å². The van der Waals surface area contributed by atoms with Gasteiger partial charge < -0.3 is 9.30 Å². The van der Waals surface area contributed by atoms with Crippen molar-refractivity contribution in [3.8, 4) is 5.75 Å². The smallest absolute Gasteiger partial charge is 0.283 e. The molecule has 0 bridgehead atoms. The number of aryl methyl sites for hydroxylation is 1. The number of para-hydroxylation sites is 1. The summed E-state index contributed by atoms with van der Waals surface area (Å²) in [5.41, 5.74) is 3.33. The molecular formula is C26H25N5O2S. The summed E-state index contributed by atoms with van der Waals surface area (Å²) in [6.45, 7) is 7.27. The molecule has 2 aliphatic rings. The van der Waals surface area contributed by atoms with Gasteiger partial charge in [0.2, 0.25) is 5.17 Å². The number of carbonyl (C=O) groups is 1. The average molecular weight is 472 g/mol. The maximum Gasteiger partial charge on any atom is 0.283 e. The van der Waals surface area contributed by atoms with Crippen molar-refractivity contribution in [2.45, 2.75) is 27.3 Å². The Labute approximate surface area is 202 Å². The highest BCUT2D eigenvalue weighted by Crippen LogP contribution is 2.32. The van der Waals surface area contributed by atoms with Gasteiger partial charge in [-0.05, 0) is 43.0 Å². The number of aromatic nitrogens is 1. The molecule has 2 aliphatic heterocycles. The predicted molar refractivity (Wildman–Crippen MR) is 138 cm³/mol. The number of thioether (sulfide) groups is 1. The van der Waals surface area contributed by atoms with Crippen LogP contribution in [0.4, 0.5) is 0 Å². The average Bonchev–Trinajstić information content (AvgIpc) is 3.40. The molecule has 172 valence electrons. The first kappa shape index (κ1) is 22.2. The highest BCUT2D eigenvalue weighted by atomic mass is 32.2. The third kappa shape index (κ3) is 4.17. The summed E-state index contributed by atoms with van der Waals surface area (Å²) in [7, 11) is 0. The highest BCUT2D eigenvalue weighted by molar-refractivity contribution is 8.27. The van der Waals surface area contributed by atoms with Crippen LogP contribution in [-0.4, -0.2) is 38.1 Å². The number of hydrogen-bond donors (Lipinski definition) is 1. The van der Waals surface area contributed by atoms with Gasteiger partial charge >= 0.3 is 0 Å². The Balaban J connectivity index is 1.42. The van der Waals surface area contributed by atoms with Crippen molar-refractivity contribution < 1.29 is 9.53 Å². The van der Waals surface area contributed by atoms with Crippen molar-refractivity contribution in [3.05, 3.63) is 71.4 Å². The van der Waals surface area contributed by atoms with Gasteiger partial charge in [0, 0.05) is 28.6 Å². The second kappa shape index (κ2) is 8.95. The number of rotatable bonds is 6. The predicted octanol–water partition coefficient (Wildman–Crippen LogP) is 5.30. The van der Waals surface area contributed by atoms with Crippen LogP contribution < -0.4 is 4.74 Å². The maximum atomic E-state index is 12.8. The van der Waals surface area contributed by atoms with Gasteiger partial charge in [-0.2, -0.15) is 15.1 Å². The summed E-state index contributed by atoms with van der Waals surface area (Å²) in [5.74, 6) is 0.680. The third-order valence-electron chi connectivity index (χ3n) is 5.71. The zero-order valence-electron chi connectivity index (χ0n) is 19.3. The van der Waals surface area contributed by atoms with Crippen LogP contribution in [0.3, 0.4) is 0 Å². The molecule has 1 aromatic heterocycles. The minimum Gasteiger partial charge on any atom is -0.492 e. The molecule has 0 aliphatic carbocycles. The van der Waals surface area contributed by atoms with Gasteiger partial charge in [-0.3, -0.25) is 10.2 Å². The molecule has 1 N–H and O–H groups in total. The number of carbonyl (C=O) groups excluding carboxylic acids is 1. The van der Waals surface area contributed by atoms with E-state index in [1.165, 1.54) is 22.3 Å². The van der Waals surface area contributed by atoms with E-state index < -0.39 is 5.91 Å². The summed E-state index contributed by atoms with van der Waals surface area (Å²) in [6, 6.07) is 16.0. The van der Waals surface area contributed by atoms with Crippen molar-refractivity contribution >= 4 is 50.7 Å². The number of amidine groups is 2. The first-order chi connectivity index (χ1) is 16.4. The third-order valence-corrected chi connectivity index (χ3v) is 6.91. The van der Waals surface area contributed by atoms with E-state index in [1.807, 2.05) is 75.5 Å². The van der Waals surface area contributed by atoms with Gasteiger partial charge in [0.25, 0.3) is 5.91 Å². The molecule has 3 heterocycles. The Morgan fingerprint density at radius 1 is 1.15 bits per heavy atom. The van der Waals surface area contributed by atoms with Gasteiger partial charge in [0.1, 0.15) is 17.4 Å². The molecule has 8 heteroatoms. The quantitative estimate of drug-likeness (QED) is 0.494. The Hall–Kier alpha value is -3.65. The van der Waals surface area contributed by atoms with Crippen molar-refractivity contribution in [2.75, 3.05) is 6.61 Å². The Morgan fingerprint density at radius 3 is 2.68 bits per heavy atom. The summed E-state index contributed by atoms with van der Waals surface area (Å²) in [5, 5.41) is 16.9. The second-order valence-corrected chi connectivity index (χ2v) is 9.56. The largest absolute Gasteiger partial charge is 0.492 e. The lowest BCUT2D eigenvalue weighted by Gasteiger charge is -2.20. The summed E-state index contributed by atoms with van der Waals surface area (Å²) in [4.78, 5) is 17.0. The Bertz CT molecular complexity index is 1380. The summed E-state index contributed by atoms with van der Waals surface area (Å²) < 4.78 is 8.03. The van der Waals surface area contributed by atoms with E-state index in [4.69, 9.17) is 10.1 Å². The van der Waals surface area contributed by atoms with Gasteiger partial charge in [-0.1, -0.05) is 49.7 Å². The van der Waals surface area contributed by atoms with Crippen molar-refractivity contribution in [1.82, 2.24) is 9.58 Å². The zero-order valence-corrected chi connectivity index (χ0v) is 20.1. The number of nitrogens with zero attached hydrogens (tertiary/aromatic N) is 4. The molecule has 0 radical (unpaired) electrons. The Kier molecular flexibility index (Phi) is 5.83. The minimum atomic E-state index is -0.413. The van der Waals surface area contributed by atoms with E-state index in [-0.39, 0.29) is 17.3 Å². The fraction of sp³-hybridized carbons (Fsp3) is 0.231. The van der Waals surface area contributed by atoms with Gasteiger partial charge in [0.05, 0.1) is 12.1 Å². The van der Waals surface area contributed by atoms with Crippen LogP contribution in [-0.2, 0) is 11.3 Å². The summed E-state index contributed by atoms with van der Waals surface area (Å²) >= 11 is 1.35. The monoisotopic (exact) mass is 471 g/mol. The van der Waals surface area contributed by atoms with Crippen LogP contribution in [0, 0.1) is 18.3 Å². The molecule has 0 unspecified atom stereocenters. The zero-order chi connectivity index (χ0) is 23.8. The van der Waals surface area contributed by atoms with E-state index in [9.17, 15) is 4.79 Å². The number of ether oxygens (including phenoxy) is 1. The number of nitrogens with one attached hydrogen (secondary N) is 1. The molecular weight excluding hydrogens is 446 g/mol. The lowest BCUT2D eigenvalue weighted by molar-refractivity contribution is -0.114. The molecule has 0 atom stereocenters. The Morgan fingerprint density at radius 2 is 1.91 bits per heavy atom. The first-order valence-corrected chi connectivity index (χ1v) is 12.0. The number of hydrazone groups is 1. The van der Waals surface area contributed by atoms with E-state index in [0.29, 0.717) is 18.3 Å². The van der Waals surface area contributed by atoms with Gasteiger partial charge in [0.15, 0.2) is 5.84 Å². The minimum absolute atomic E-state index is 0.0534. The fourth-order valence-electron chi connectivity index (χ4n) is 3.87. The van der Waals surface area contributed by atoms with Gasteiger partial charge in [-0.15, -0.1) is 0 Å². The molecule has 0 saturated carbocycles. The number of hydrogen-bond acceptors (Lipinski definition) is 5. The van der Waals surface area contributed by atoms with Crippen molar-refractivity contribution in [1.29, 1.82) is 5.41 Å². The molecule has 2 aromatic carbocycles. The molecule has 0 saturated heterocycles. The van der Waals surface area contributed by atoms with E-state index in [0.717, 1.165) is 27.3 Å². The van der Waals surface area contributed by atoms with Crippen molar-refractivity contribution in [2.24, 2.45) is 16.0 Å². The van der Waals surface area contributed by atoms with E-state index in [2.05, 4.69) is 14.7 Å². The molecule has 3 aromatic rings. The van der Waals surface area contributed by atoms with Crippen LogP contribution in [0.15, 0.2) is 70.4 Å². The van der Waals surface area contributed by atoms with Crippen LogP contribution in [0.1, 0.15) is 25.0 Å². The molecule has 7 nitrogen and oxygen atoms in total. The molecule has 0 fully saturated rings. The molecule has 0 spiro atoms. The molecule has 1 amide bonds. The molecule has 5 rings (SSSR count). The maximum absolute atomic E-state index is 12.8. The molecule has 34 heavy (non-hydrogen) atoms. The van der Waals surface area contributed by atoms with E-state index in [1.54, 1.807) is 6.08 Å². The second-order valence-electron chi connectivity index (χ2n) is 8.57. The van der Waals surface area contributed by atoms with Gasteiger partial charge in [-0.25, -0.2) is 0 Å². The number of benzene rings is 2. The lowest BCUT2D eigenvalue weighted by Crippen LogP contribution is -2.35. The van der Waals surface area contributed by atoms with E-state index >= 15 is 0 Å². The normalized spacial score (nSPS) is 16.9. The highest BCUT2D eigenvalue weighted by Gasteiger charge is 2.36. The number of amides is 1. The number of aliphatic imine (C=N–C) groups is 1. The summed E-state index contributed by atoms with van der Waals surface area (Å²) in [6.07, 6.45) is 3.75. The first-order valence-electron chi connectivity index (χ1n) is 11.2.